The van der Waals surface area contributed by atoms with Gasteiger partial charge in [-0.05, 0) is 0 Å². The monoisotopic (exact) mass is 317 g/mol. The Balaban J connectivity index is 2.38. The van der Waals surface area contributed by atoms with E-state index in [1.807, 2.05) is 0 Å². The summed E-state index contributed by atoms with van der Waals surface area (Å²) in [6, 6.07) is 0. The van der Waals surface area contributed by atoms with Crippen LogP contribution in [-0.4, -0.2) is 47.9 Å². The van der Waals surface area contributed by atoms with Crippen molar-refractivity contribution in [3.8, 4) is 0 Å². The zero-order valence-corrected chi connectivity index (χ0v) is 12.9. The molecular weight excluding hydrogens is 298 g/mol. The molecule has 0 aromatic heterocycles. The number of hydrogen-bond donors (Lipinski definition) is 2. The second-order valence-electron chi connectivity index (χ2n) is 4.90. The summed E-state index contributed by atoms with van der Waals surface area (Å²) in [5.74, 6) is -1.00. The number of aliphatic hydroxyl groups excluding tert-OH is 1. The van der Waals surface area contributed by atoms with Gasteiger partial charge in [-0.1, -0.05) is 0 Å². The normalized spacial score (nSPS) is 23.9. The van der Waals surface area contributed by atoms with Gasteiger partial charge in [0.05, 0.1) is 0 Å². The minimum absolute atomic E-state index is 0.00784. The van der Waals surface area contributed by atoms with Crippen molar-refractivity contribution in [1.29, 1.82) is 0 Å². The Morgan fingerprint density at radius 3 is 2.95 bits per heavy atom. The van der Waals surface area contributed by atoms with E-state index in [1.165, 1.54) is 0 Å². The summed E-state index contributed by atoms with van der Waals surface area (Å²) in [4.78, 5) is 10.5. The number of carbonyl (C=O) groups is 1. The van der Waals surface area contributed by atoms with Crippen LogP contribution in [0.1, 0.15) is 32.1 Å². The summed E-state index contributed by atoms with van der Waals surface area (Å²) in [6.07, 6.45) is 1.20. The topological polar surface area (TPSA) is 76.0 Å². The number of aliphatic carboxylic acids is 1. The Labute approximate surface area is 125 Å². The van der Waals surface area contributed by atoms with E-state index in [0.29, 0.717) is 26.3 Å². The van der Waals surface area contributed by atoms with Gasteiger partial charge >= 0.3 is 125 Å². The molecule has 0 unspecified atom stereocenters. The third kappa shape index (κ3) is 7.55. The zero-order chi connectivity index (χ0) is 15.0. The predicted molar refractivity (Wildman–Crippen MR) is 80.5 cm³/mol. The van der Waals surface area contributed by atoms with E-state index in [0.717, 1.165) is 18.4 Å². The standard InChI is InChI=1S/C12H18BO5PS/c1-8-4-10(2-3-17-13-19-20)18-11(5-8)6-9(14)7-12(15)16/h9-11,14H,1-7H2/p+1/t9-,10+,11-/m1/s1. The second kappa shape index (κ2) is 9.69. The molecule has 5 nitrogen and oxygen atoms in total. The van der Waals surface area contributed by atoms with Crippen LogP contribution in [-0.2, 0) is 26.0 Å². The van der Waals surface area contributed by atoms with Gasteiger partial charge in [0, 0.05) is 0 Å². The molecule has 0 amide bonds. The maximum atomic E-state index is 10.5. The first-order valence-electron chi connectivity index (χ1n) is 6.49. The molecule has 0 aromatic carbocycles. The zero-order valence-electron chi connectivity index (χ0n) is 11.2. The van der Waals surface area contributed by atoms with Crippen LogP contribution in [0.3, 0.4) is 0 Å². The predicted octanol–water partition coefficient (Wildman–Crippen LogP) is 1.66. The van der Waals surface area contributed by atoms with Crippen molar-refractivity contribution in [3.63, 3.8) is 0 Å². The van der Waals surface area contributed by atoms with Crippen LogP contribution < -0.4 is 0 Å². The van der Waals surface area contributed by atoms with Crippen LogP contribution in [0.5, 0.6) is 0 Å². The summed E-state index contributed by atoms with van der Waals surface area (Å²) in [5, 5.41) is 18.3. The van der Waals surface area contributed by atoms with E-state index in [4.69, 9.17) is 26.3 Å². The van der Waals surface area contributed by atoms with Crippen molar-refractivity contribution in [2.45, 2.75) is 50.4 Å². The van der Waals surface area contributed by atoms with Crippen molar-refractivity contribution in [2.75, 3.05) is 6.61 Å². The molecule has 2 N–H and O–H groups in total. The van der Waals surface area contributed by atoms with Gasteiger partial charge in [0.2, 0.25) is 0 Å². The molecule has 0 saturated carbocycles. The van der Waals surface area contributed by atoms with Crippen molar-refractivity contribution in [1.82, 2.24) is 0 Å². The van der Waals surface area contributed by atoms with Gasteiger partial charge in [0.25, 0.3) is 0 Å². The SMILES string of the molecule is C=C1C[C@H](C[C@@H](O)CC(=O)O)O[C@@H](CCOB=[P+]=S)C1. The summed E-state index contributed by atoms with van der Waals surface area (Å²) in [7, 11) is 0. The van der Waals surface area contributed by atoms with Crippen molar-refractivity contribution in [3.05, 3.63) is 12.2 Å². The Kier molecular flexibility index (Phi) is 8.65. The first-order valence-corrected chi connectivity index (χ1v) is 8.46. The van der Waals surface area contributed by atoms with Crippen LogP contribution in [0.25, 0.3) is 0 Å². The molecule has 8 heteroatoms. The van der Waals surface area contributed by atoms with Gasteiger partial charge in [-0.15, -0.1) is 0 Å². The van der Waals surface area contributed by atoms with Crippen LogP contribution in [0.4, 0.5) is 0 Å². The molecule has 0 aliphatic carbocycles. The van der Waals surface area contributed by atoms with Gasteiger partial charge in [-0.25, -0.2) is 0 Å². The first-order chi connectivity index (χ1) is 9.51. The fraction of sp³-hybridized carbons (Fsp3) is 0.750. The van der Waals surface area contributed by atoms with Crippen LogP contribution in [0.15, 0.2) is 12.2 Å². The van der Waals surface area contributed by atoms with E-state index in [9.17, 15) is 9.90 Å². The number of hydrogen-bond acceptors (Lipinski definition) is 5. The van der Waals surface area contributed by atoms with E-state index >= 15 is 0 Å². The molecule has 1 heterocycles. The summed E-state index contributed by atoms with van der Waals surface area (Å²) >= 11 is 4.71. The molecule has 20 heavy (non-hydrogen) atoms. The minimum atomic E-state index is -1.00. The number of aliphatic hydroxyl groups is 1. The number of ether oxygens (including phenoxy) is 1. The molecule has 0 aromatic rings. The molecule has 0 radical (unpaired) electrons. The van der Waals surface area contributed by atoms with Gasteiger partial charge in [-0.3, -0.25) is 0 Å². The van der Waals surface area contributed by atoms with Gasteiger partial charge in [0.15, 0.2) is 0 Å². The maximum absolute atomic E-state index is 10.5. The summed E-state index contributed by atoms with van der Waals surface area (Å²) in [5.41, 5.74) is 1.07. The molecule has 1 aliphatic rings. The molecule has 3 atom stereocenters. The first kappa shape index (κ1) is 17.9. The molecule has 1 saturated heterocycles. The summed E-state index contributed by atoms with van der Waals surface area (Å²) in [6.45, 7) is 6.74. The van der Waals surface area contributed by atoms with E-state index in [1.54, 1.807) is 6.82 Å². The fourth-order valence-corrected chi connectivity index (χ4v) is 2.62. The molecule has 1 fully saturated rings. The number of rotatable bonds is 8. The van der Waals surface area contributed by atoms with E-state index < -0.39 is 12.1 Å². The Hall–Kier alpha value is -0.195. The fourth-order valence-electron chi connectivity index (χ4n) is 2.28. The van der Waals surface area contributed by atoms with Crippen molar-refractivity contribution < 1.29 is 24.4 Å². The van der Waals surface area contributed by atoms with Crippen LogP contribution in [0.2, 0.25) is 0 Å². The average molecular weight is 317 g/mol. The van der Waals surface area contributed by atoms with Gasteiger partial charge < -0.3 is 0 Å². The summed E-state index contributed by atoms with van der Waals surface area (Å²) < 4.78 is 11.1. The van der Waals surface area contributed by atoms with Crippen LogP contribution in [0, 0.1) is 0 Å². The van der Waals surface area contributed by atoms with Gasteiger partial charge in [-0.2, -0.15) is 0 Å². The Morgan fingerprint density at radius 2 is 2.30 bits per heavy atom. The Bertz CT molecular complexity index is 399. The third-order valence-corrected chi connectivity index (χ3v) is 3.53. The quantitative estimate of drug-likeness (QED) is 0.307. The number of carboxylic acids is 1. The van der Waals surface area contributed by atoms with E-state index in [-0.39, 0.29) is 18.6 Å². The molecule has 1 aliphatic heterocycles. The van der Waals surface area contributed by atoms with Gasteiger partial charge in [0.1, 0.15) is 0 Å². The second-order valence-corrected chi connectivity index (χ2v) is 5.95. The Morgan fingerprint density at radius 1 is 1.60 bits per heavy atom. The molecule has 0 spiro atoms. The third-order valence-electron chi connectivity index (χ3n) is 3.04. The average Bonchev–Trinajstić information content (AvgIpc) is 2.32. The molecular formula is C12H19BO5PS+. The molecule has 0 bridgehead atoms. The number of carboxylic acid groups (broad SMARTS) is 1. The van der Waals surface area contributed by atoms with Crippen molar-refractivity contribution in [2.24, 2.45) is 0 Å². The van der Waals surface area contributed by atoms with Crippen LogP contribution >= 0.6 is 6.85 Å². The molecule has 110 valence electrons. The molecule has 1 rings (SSSR count). The van der Waals surface area contributed by atoms with Crippen molar-refractivity contribution >= 4 is 31.4 Å². The van der Waals surface area contributed by atoms with E-state index in [2.05, 4.69) is 6.58 Å².